The van der Waals surface area contributed by atoms with Crippen molar-refractivity contribution in [3.05, 3.63) is 63.7 Å². The first kappa shape index (κ1) is 26.5. The van der Waals surface area contributed by atoms with Crippen LogP contribution in [0.5, 0.6) is 5.75 Å². The van der Waals surface area contributed by atoms with Gasteiger partial charge in [-0.15, -0.1) is 0 Å². The highest BCUT2D eigenvalue weighted by molar-refractivity contribution is 7.99. The molecule has 0 atom stereocenters. The first-order valence-corrected chi connectivity index (χ1v) is 12.7. The Morgan fingerprint density at radius 3 is 2.51 bits per heavy atom. The molecule has 37 heavy (non-hydrogen) atoms. The summed E-state index contributed by atoms with van der Waals surface area (Å²) in [5.41, 5.74) is 0.925. The molecular formula is C26H29N3O7S. The van der Waals surface area contributed by atoms with Gasteiger partial charge in [-0.1, -0.05) is 17.8 Å². The van der Waals surface area contributed by atoms with Gasteiger partial charge in [-0.25, -0.2) is 4.79 Å². The fourth-order valence-corrected chi connectivity index (χ4v) is 4.82. The van der Waals surface area contributed by atoms with Gasteiger partial charge in [-0.05, 0) is 56.7 Å². The summed E-state index contributed by atoms with van der Waals surface area (Å²) in [4.78, 5) is 50.9. The third-order valence-electron chi connectivity index (χ3n) is 5.70. The van der Waals surface area contributed by atoms with Crippen LogP contribution in [-0.2, 0) is 20.8 Å². The van der Waals surface area contributed by atoms with Crippen molar-refractivity contribution >= 4 is 35.5 Å². The Balaban J connectivity index is 1.38. The van der Waals surface area contributed by atoms with Crippen LogP contribution in [0.2, 0.25) is 0 Å². The molecule has 0 radical (unpaired) electrons. The molecule has 1 fully saturated rings. The summed E-state index contributed by atoms with van der Waals surface area (Å²) in [5.74, 6) is 0.437. The van der Waals surface area contributed by atoms with Gasteiger partial charge in [0.25, 0.3) is 5.69 Å². The number of fused-ring (bicyclic) bond motifs is 1. The second-order valence-corrected chi connectivity index (χ2v) is 10.8. The highest BCUT2D eigenvalue weighted by Gasteiger charge is 2.27. The maximum Gasteiger partial charge on any atom is 0.410 e. The van der Waals surface area contributed by atoms with Crippen LogP contribution in [0.15, 0.2) is 52.3 Å². The molecule has 1 saturated heterocycles. The minimum Gasteiger partial charge on any atom is -0.444 e. The minimum atomic E-state index is -0.575. The van der Waals surface area contributed by atoms with Crippen molar-refractivity contribution in [1.29, 1.82) is 0 Å². The van der Waals surface area contributed by atoms with E-state index in [0.29, 0.717) is 55.4 Å². The van der Waals surface area contributed by atoms with Gasteiger partial charge in [0.05, 0.1) is 16.4 Å². The topological polar surface area (TPSA) is 111 Å². The Morgan fingerprint density at radius 2 is 1.81 bits per heavy atom. The first-order valence-electron chi connectivity index (χ1n) is 11.9. The summed E-state index contributed by atoms with van der Waals surface area (Å²) < 4.78 is 5.38. The van der Waals surface area contributed by atoms with Gasteiger partial charge in [-0.2, -0.15) is 4.89 Å². The lowest BCUT2D eigenvalue weighted by Crippen LogP contribution is -2.51. The van der Waals surface area contributed by atoms with Gasteiger partial charge in [0.2, 0.25) is 5.91 Å². The maximum absolute atomic E-state index is 12.7. The second kappa shape index (κ2) is 11.2. The zero-order valence-electron chi connectivity index (χ0n) is 21.0. The second-order valence-electron chi connectivity index (χ2n) is 9.64. The van der Waals surface area contributed by atoms with Crippen molar-refractivity contribution in [2.75, 3.05) is 32.8 Å². The van der Waals surface area contributed by atoms with Gasteiger partial charge in [0.1, 0.15) is 5.60 Å². The Kier molecular flexibility index (Phi) is 8.03. The fourth-order valence-electron chi connectivity index (χ4n) is 3.86. The lowest BCUT2D eigenvalue weighted by Gasteiger charge is -2.35. The lowest BCUT2D eigenvalue weighted by atomic mass is 10.1. The summed E-state index contributed by atoms with van der Waals surface area (Å²) >= 11 is 1.30. The number of ether oxygens (including phenoxy) is 1. The number of nitrogens with zero attached hydrogens (tertiary/aromatic N) is 3. The van der Waals surface area contributed by atoms with Crippen LogP contribution in [0, 0.1) is 10.1 Å². The fraction of sp³-hybridized carbons (Fsp3) is 0.385. The minimum absolute atomic E-state index is 0.0390. The Bertz CT molecular complexity index is 1220. The summed E-state index contributed by atoms with van der Waals surface area (Å²) in [6.45, 7) is 7.42. The summed E-state index contributed by atoms with van der Waals surface area (Å²) in [6.07, 6.45) is 3.29. The molecule has 11 heteroatoms. The summed E-state index contributed by atoms with van der Waals surface area (Å²) in [6, 6.07) is 10.5. The average Bonchev–Trinajstić information content (AvgIpc) is 2.86. The number of benzene rings is 2. The number of piperazine rings is 1. The van der Waals surface area contributed by atoms with Crippen molar-refractivity contribution in [1.82, 2.24) is 9.80 Å². The van der Waals surface area contributed by atoms with Gasteiger partial charge >= 0.3 is 6.09 Å². The monoisotopic (exact) mass is 527 g/mol. The van der Waals surface area contributed by atoms with Crippen LogP contribution in [0.1, 0.15) is 31.9 Å². The maximum atomic E-state index is 12.7. The molecule has 2 amide bonds. The number of rotatable bonds is 5. The number of amides is 2. The van der Waals surface area contributed by atoms with E-state index in [2.05, 4.69) is 0 Å². The van der Waals surface area contributed by atoms with Crippen LogP contribution >= 0.6 is 11.8 Å². The number of nitro benzene ring substituents is 1. The molecule has 0 aromatic heterocycles. The normalized spacial score (nSPS) is 15.8. The predicted octanol–water partition coefficient (Wildman–Crippen LogP) is 4.71. The lowest BCUT2D eigenvalue weighted by molar-refractivity contribution is -0.387. The molecule has 2 aliphatic heterocycles. The van der Waals surface area contributed by atoms with Gasteiger partial charge in [-0.3, -0.25) is 14.9 Å². The van der Waals surface area contributed by atoms with Crippen molar-refractivity contribution in [3.8, 4) is 5.75 Å². The summed E-state index contributed by atoms with van der Waals surface area (Å²) in [7, 11) is 0. The van der Waals surface area contributed by atoms with Crippen LogP contribution in [0.3, 0.4) is 0 Å². The Labute approximate surface area is 219 Å². The van der Waals surface area contributed by atoms with E-state index >= 15 is 0 Å². The average molecular weight is 528 g/mol. The largest absolute Gasteiger partial charge is 0.444 e. The molecule has 4 rings (SSSR count). The van der Waals surface area contributed by atoms with E-state index in [1.165, 1.54) is 23.9 Å². The van der Waals surface area contributed by atoms with E-state index in [1.54, 1.807) is 34.1 Å². The molecule has 2 aromatic carbocycles. The highest BCUT2D eigenvalue weighted by atomic mass is 32.2. The Hall–Kier alpha value is -3.57. The molecular weight excluding hydrogens is 498 g/mol. The van der Waals surface area contributed by atoms with Crippen molar-refractivity contribution in [3.63, 3.8) is 0 Å². The standard InChI is InChI=1S/C26H29N3O7S/c1-26(2,3)35-25(31)28-13-11-27(12-14-28)24(30)9-5-18-4-8-23(21(16-18)29(32)33)37-20-6-7-22-19(17-20)10-15-34-36-22/h4-9,16-17H,10-15H2,1-3H3. The van der Waals surface area contributed by atoms with E-state index < -0.39 is 16.6 Å². The zero-order valence-corrected chi connectivity index (χ0v) is 21.8. The molecule has 2 heterocycles. The molecule has 0 bridgehead atoms. The van der Waals surface area contributed by atoms with E-state index in [9.17, 15) is 19.7 Å². The molecule has 0 aliphatic carbocycles. The van der Waals surface area contributed by atoms with E-state index in [0.717, 1.165) is 10.5 Å². The van der Waals surface area contributed by atoms with Crippen LogP contribution in [0.4, 0.5) is 10.5 Å². The molecule has 0 N–H and O–H groups in total. The third kappa shape index (κ3) is 7.01. The van der Waals surface area contributed by atoms with E-state index in [4.69, 9.17) is 14.5 Å². The molecule has 0 unspecified atom stereocenters. The van der Waals surface area contributed by atoms with Crippen LogP contribution in [-0.4, -0.2) is 65.1 Å². The third-order valence-corrected chi connectivity index (χ3v) is 6.76. The summed E-state index contributed by atoms with van der Waals surface area (Å²) in [5, 5.41) is 11.8. The molecule has 2 aromatic rings. The molecule has 2 aliphatic rings. The quantitative estimate of drug-likeness (QED) is 0.238. The van der Waals surface area contributed by atoms with Crippen LogP contribution < -0.4 is 4.89 Å². The van der Waals surface area contributed by atoms with E-state index in [1.807, 2.05) is 32.9 Å². The number of nitro groups is 1. The number of carbonyl (C=O) groups excluding carboxylic acids is 2. The molecule has 0 spiro atoms. The highest BCUT2D eigenvalue weighted by Crippen LogP contribution is 2.38. The first-order chi connectivity index (χ1) is 17.6. The van der Waals surface area contributed by atoms with Crippen molar-refractivity contribution in [2.24, 2.45) is 0 Å². The smallest absolute Gasteiger partial charge is 0.410 e. The van der Waals surface area contributed by atoms with Crippen LogP contribution in [0.25, 0.3) is 6.08 Å². The SMILES string of the molecule is CC(C)(C)OC(=O)N1CCN(C(=O)C=Cc2ccc(Sc3ccc4c(c3)CCOO4)c([N+](=O)[O-])c2)CC1. The van der Waals surface area contributed by atoms with Gasteiger partial charge in [0.15, 0.2) is 5.75 Å². The van der Waals surface area contributed by atoms with Crippen molar-refractivity contribution < 1.29 is 29.0 Å². The number of hydrogen-bond acceptors (Lipinski definition) is 8. The Morgan fingerprint density at radius 1 is 1.08 bits per heavy atom. The van der Waals surface area contributed by atoms with E-state index in [-0.39, 0.29) is 11.6 Å². The molecule has 10 nitrogen and oxygen atoms in total. The van der Waals surface area contributed by atoms with Crippen molar-refractivity contribution in [2.45, 2.75) is 42.6 Å². The molecule has 0 saturated carbocycles. The van der Waals surface area contributed by atoms with Gasteiger partial charge < -0.3 is 19.4 Å². The van der Waals surface area contributed by atoms with Gasteiger partial charge in [0, 0.05) is 55.2 Å². The predicted molar refractivity (Wildman–Crippen MR) is 137 cm³/mol. The number of carbonyl (C=O) groups is 2. The molecule has 196 valence electrons. The number of hydrogen-bond donors (Lipinski definition) is 0. The zero-order chi connectivity index (χ0) is 26.6.